The molecular weight excluding hydrogens is 254 g/mol. The molecule has 1 saturated heterocycles. The van der Waals surface area contributed by atoms with Crippen LogP contribution in [0.1, 0.15) is 0 Å². The van der Waals surface area contributed by atoms with Crippen LogP contribution < -0.4 is 9.64 Å². The minimum Gasteiger partial charge on any atom is -0.497 e. The van der Waals surface area contributed by atoms with Gasteiger partial charge in [-0.05, 0) is 30.3 Å². The Labute approximate surface area is 118 Å². The van der Waals surface area contributed by atoms with Crippen molar-refractivity contribution in [3.63, 3.8) is 0 Å². The van der Waals surface area contributed by atoms with E-state index in [0.29, 0.717) is 0 Å². The van der Waals surface area contributed by atoms with Gasteiger partial charge in [0.1, 0.15) is 5.75 Å². The second kappa shape index (κ2) is 5.88. The van der Waals surface area contributed by atoms with E-state index < -0.39 is 0 Å². The summed E-state index contributed by atoms with van der Waals surface area (Å²) in [4.78, 5) is 11.1. The molecule has 0 amide bonds. The van der Waals surface area contributed by atoms with Gasteiger partial charge in [-0.15, -0.1) is 0 Å². The van der Waals surface area contributed by atoms with Crippen molar-refractivity contribution in [2.75, 3.05) is 38.3 Å². The summed E-state index contributed by atoms with van der Waals surface area (Å²) in [6.45, 7) is 3.14. The summed E-state index contributed by atoms with van der Waals surface area (Å²) in [5.41, 5.74) is 1.98. The Balaban J connectivity index is 1.85. The largest absolute Gasteiger partial charge is 0.497 e. The first-order valence-corrected chi connectivity index (χ1v) is 6.67. The molecule has 0 N–H and O–H groups in total. The molecule has 1 aromatic heterocycles. The Morgan fingerprint density at radius 3 is 2.55 bits per heavy atom. The van der Waals surface area contributed by atoms with Gasteiger partial charge < -0.3 is 14.4 Å². The lowest BCUT2D eigenvalue weighted by Crippen LogP contribution is -2.37. The molecule has 0 radical (unpaired) electrons. The molecule has 20 heavy (non-hydrogen) atoms. The van der Waals surface area contributed by atoms with E-state index in [0.717, 1.165) is 49.3 Å². The zero-order valence-corrected chi connectivity index (χ0v) is 11.5. The van der Waals surface area contributed by atoms with Crippen molar-refractivity contribution in [1.82, 2.24) is 9.97 Å². The van der Waals surface area contributed by atoms with Crippen LogP contribution in [-0.2, 0) is 4.74 Å². The predicted octanol–water partition coefficient (Wildman–Crippen LogP) is 1.99. The van der Waals surface area contributed by atoms with E-state index >= 15 is 0 Å². The number of nitrogens with zero attached hydrogens (tertiary/aromatic N) is 3. The highest BCUT2D eigenvalue weighted by Crippen LogP contribution is 2.22. The average molecular weight is 271 g/mol. The number of benzene rings is 1. The predicted molar refractivity (Wildman–Crippen MR) is 77.1 cm³/mol. The fourth-order valence-electron chi connectivity index (χ4n) is 2.19. The first-order chi connectivity index (χ1) is 9.86. The van der Waals surface area contributed by atoms with Gasteiger partial charge >= 0.3 is 0 Å². The van der Waals surface area contributed by atoms with Gasteiger partial charge in [-0.2, -0.15) is 0 Å². The van der Waals surface area contributed by atoms with Gasteiger partial charge in [0.2, 0.25) is 5.95 Å². The molecule has 0 spiro atoms. The SMILES string of the molecule is COc1ccc(-c2ccnc(N3CCOCC3)n2)cc1. The third-order valence-electron chi connectivity index (χ3n) is 3.32. The van der Waals surface area contributed by atoms with Gasteiger partial charge in [-0.25, -0.2) is 9.97 Å². The number of aromatic nitrogens is 2. The Bertz CT molecular complexity index is 566. The summed E-state index contributed by atoms with van der Waals surface area (Å²) in [6.07, 6.45) is 1.80. The van der Waals surface area contributed by atoms with Crippen molar-refractivity contribution in [3.8, 4) is 17.0 Å². The minimum absolute atomic E-state index is 0.732. The molecule has 0 bridgehead atoms. The Morgan fingerprint density at radius 2 is 1.85 bits per heavy atom. The Hall–Kier alpha value is -2.14. The number of ether oxygens (including phenoxy) is 2. The van der Waals surface area contributed by atoms with Crippen LogP contribution in [0.4, 0.5) is 5.95 Å². The molecule has 3 rings (SSSR count). The topological polar surface area (TPSA) is 47.5 Å². The van der Waals surface area contributed by atoms with Crippen molar-refractivity contribution in [1.29, 1.82) is 0 Å². The highest BCUT2D eigenvalue weighted by molar-refractivity contribution is 5.61. The maximum absolute atomic E-state index is 5.35. The molecule has 1 aromatic carbocycles. The molecule has 1 aliphatic heterocycles. The monoisotopic (exact) mass is 271 g/mol. The average Bonchev–Trinajstić information content (AvgIpc) is 2.56. The molecule has 1 aliphatic rings. The van der Waals surface area contributed by atoms with Crippen molar-refractivity contribution >= 4 is 5.95 Å². The molecule has 5 nitrogen and oxygen atoms in total. The molecule has 104 valence electrons. The lowest BCUT2D eigenvalue weighted by Gasteiger charge is -2.26. The van der Waals surface area contributed by atoms with E-state index in [2.05, 4.69) is 14.9 Å². The molecule has 0 unspecified atom stereocenters. The first-order valence-electron chi connectivity index (χ1n) is 6.67. The number of hydrogen-bond acceptors (Lipinski definition) is 5. The maximum atomic E-state index is 5.35. The number of hydrogen-bond donors (Lipinski definition) is 0. The Morgan fingerprint density at radius 1 is 1.10 bits per heavy atom. The van der Waals surface area contributed by atoms with Crippen LogP contribution in [0.2, 0.25) is 0 Å². The maximum Gasteiger partial charge on any atom is 0.226 e. The number of anilines is 1. The molecule has 0 aliphatic carbocycles. The van der Waals surface area contributed by atoms with Crippen molar-refractivity contribution in [3.05, 3.63) is 36.5 Å². The third-order valence-corrected chi connectivity index (χ3v) is 3.32. The quantitative estimate of drug-likeness (QED) is 0.854. The van der Waals surface area contributed by atoms with Crippen LogP contribution in [0.3, 0.4) is 0 Å². The molecule has 5 heteroatoms. The van der Waals surface area contributed by atoms with Gasteiger partial charge in [-0.3, -0.25) is 0 Å². The van der Waals surface area contributed by atoms with Crippen molar-refractivity contribution in [2.24, 2.45) is 0 Å². The lowest BCUT2D eigenvalue weighted by atomic mass is 10.1. The van der Waals surface area contributed by atoms with Crippen LogP contribution in [-0.4, -0.2) is 43.4 Å². The van der Waals surface area contributed by atoms with Gasteiger partial charge in [-0.1, -0.05) is 0 Å². The number of methoxy groups -OCH3 is 1. The van der Waals surface area contributed by atoms with E-state index in [4.69, 9.17) is 9.47 Å². The van der Waals surface area contributed by atoms with Crippen LogP contribution in [0, 0.1) is 0 Å². The molecular formula is C15H17N3O2. The third kappa shape index (κ3) is 2.72. The van der Waals surface area contributed by atoms with Crippen LogP contribution in [0.15, 0.2) is 36.5 Å². The highest BCUT2D eigenvalue weighted by atomic mass is 16.5. The number of morpholine rings is 1. The van der Waals surface area contributed by atoms with Gasteiger partial charge in [0, 0.05) is 24.8 Å². The molecule has 2 heterocycles. The molecule has 1 fully saturated rings. The molecule has 0 saturated carbocycles. The van der Waals surface area contributed by atoms with Crippen molar-refractivity contribution < 1.29 is 9.47 Å². The number of rotatable bonds is 3. The molecule has 0 atom stereocenters. The second-order valence-corrected chi connectivity index (χ2v) is 4.57. The zero-order chi connectivity index (χ0) is 13.8. The lowest BCUT2D eigenvalue weighted by molar-refractivity contribution is 0.122. The van der Waals surface area contributed by atoms with Crippen LogP contribution in [0.25, 0.3) is 11.3 Å². The minimum atomic E-state index is 0.732. The van der Waals surface area contributed by atoms with E-state index in [9.17, 15) is 0 Å². The molecule has 2 aromatic rings. The Kier molecular flexibility index (Phi) is 3.78. The van der Waals surface area contributed by atoms with Gasteiger partial charge in [0.25, 0.3) is 0 Å². The smallest absolute Gasteiger partial charge is 0.226 e. The van der Waals surface area contributed by atoms with E-state index in [1.807, 2.05) is 30.3 Å². The summed E-state index contributed by atoms with van der Waals surface area (Å²) in [7, 11) is 1.66. The summed E-state index contributed by atoms with van der Waals surface area (Å²) in [6, 6.07) is 9.80. The summed E-state index contributed by atoms with van der Waals surface area (Å²) < 4.78 is 10.5. The van der Waals surface area contributed by atoms with E-state index in [-0.39, 0.29) is 0 Å². The second-order valence-electron chi connectivity index (χ2n) is 4.57. The summed E-state index contributed by atoms with van der Waals surface area (Å²) >= 11 is 0. The fraction of sp³-hybridized carbons (Fsp3) is 0.333. The summed E-state index contributed by atoms with van der Waals surface area (Å²) in [5, 5.41) is 0. The van der Waals surface area contributed by atoms with Crippen molar-refractivity contribution in [2.45, 2.75) is 0 Å². The highest BCUT2D eigenvalue weighted by Gasteiger charge is 2.14. The van der Waals surface area contributed by atoms with Crippen LogP contribution >= 0.6 is 0 Å². The normalized spacial score (nSPS) is 15.2. The zero-order valence-electron chi connectivity index (χ0n) is 11.5. The first kappa shape index (κ1) is 12.9. The van der Waals surface area contributed by atoms with Crippen LogP contribution in [0.5, 0.6) is 5.75 Å². The van der Waals surface area contributed by atoms with Gasteiger partial charge in [0.05, 0.1) is 26.0 Å². The van der Waals surface area contributed by atoms with Gasteiger partial charge in [0.15, 0.2) is 0 Å². The summed E-state index contributed by atoms with van der Waals surface area (Å²) in [5.74, 6) is 1.61. The van der Waals surface area contributed by atoms with E-state index in [1.165, 1.54) is 0 Å². The standard InChI is InChI=1S/C15H17N3O2/c1-19-13-4-2-12(3-5-13)14-6-7-16-15(17-14)18-8-10-20-11-9-18/h2-7H,8-11H2,1H3. The fourth-order valence-corrected chi connectivity index (χ4v) is 2.19. The van der Waals surface area contributed by atoms with E-state index in [1.54, 1.807) is 13.3 Å².